The van der Waals surface area contributed by atoms with Gasteiger partial charge in [-0.1, -0.05) is 0 Å². The summed E-state index contributed by atoms with van der Waals surface area (Å²) in [5, 5.41) is 3.51. The molecule has 0 aromatic heterocycles. The van der Waals surface area contributed by atoms with Crippen LogP contribution < -0.4 is 5.32 Å². The van der Waals surface area contributed by atoms with Gasteiger partial charge in [-0.3, -0.25) is 4.90 Å². The minimum absolute atomic E-state index is 0. The van der Waals surface area contributed by atoms with Gasteiger partial charge in [-0.2, -0.15) is 0 Å². The van der Waals surface area contributed by atoms with E-state index in [0.717, 1.165) is 18.0 Å². The van der Waals surface area contributed by atoms with Gasteiger partial charge >= 0.3 is 0 Å². The van der Waals surface area contributed by atoms with Crippen LogP contribution >= 0.6 is 12.4 Å². The molecule has 0 spiro atoms. The van der Waals surface area contributed by atoms with Crippen LogP contribution in [0.5, 0.6) is 0 Å². The first-order valence-corrected chi connectivity index (χ1v) is 5.41. The molecule has 0 amide bonds. The molecule has 0 bridgehead atoms. The van der Waals surface area contributed by atoms with Gasteiger partial charge in [0, 0.05) is 12.1 Å². The lowest BCUT2D eigenvalue weighted by Crippen LogP contribution is -2.44. The third-order valence-corrected chi connectivity index (χ3v) is 3.77. The van der Waals surface area contributed by atoms with Gasteiger partial charge in [-0.15, -0.1) is 12.4 Å². The summed E-state index contributed by atoms with van der Waals surface area (Å²) in [6, 6.07) is 1.96. The molecule has 3 aliphatic rings. The SMILES string of the molecule is C1CC2C(CCN2C2CC2)CN1.Cl. The minimum atomic E-state index is 0. The maximum atomic E-state index is 3.51. The number of likely N-dealkylation sites (tertiary alicyclic amines) is 1. The van der Waals surface area contributed by atoms with Crippen molar-refractivity contribution in [3.05, 3.63) is 0 Å². The Kier molecular flexibility index (Phi) is 2.82. The van der Waals surface area contributed by atoms with Crippen molar-refractivity contribution in [2.24, 2.45) is 5.92 Å². The molecule has 2 atom stereocenters. The smallest absolute Gasteiger partial charge is 0.0151 e. The van der Waals surface area contributed by atoms with Gasteiger partial charge in [0.15, 0.2) is 0 Å². The highest BCUT2D eigenvalue weighted by molar-refractivity contribution is 5.85. The average Bonchev–Trinajstić information content (AvgIpc) is 2.86. The number of fused-ring (bicyclic) bond motifs is 1. The summed E-state index contributed by atoms with van der Waals surface area (Å²) in [4.78, 5) is 2.80. The number of piperidine rings is 1. The maximum absolute atomic E-state index is 3.51. The predicted molar refractivity (Wildman–Crippen MR) is 56.4 cm³/mol. The second kappa shape index (κ2) is 3.76. The van der Waals surface area contributed by atoms with E-state index in [1.54, 1.807) is 0 Å². The van der Waals surface area contributed by atoms with E-state index in [-0.39, 0.29) is 12.4 Å². The van der Waals surface area contributed by atoms with Crippen molar-refractivity contribution < 1.29 is 0 Å². The fourth-order valence-corrected chi connectivity index (χ4v) is 2.98. The number of rotatable bonds is 1. The van der Waals surface area contributed by atoms with Gasteiger partial charge in [0.2, 0.25) is 0 Å². The number of hydrogen-bond donors (Lipinski definition) is 1. The Morgan fingerprint density at radius 1 is 1.08 bits per heavy atom. The molecule has 2 heterocycles. The first-order valence-electron chi connectivity index (χ1n) is 5.41. The van der Waals surface area contributed by atoms with Crippen molar-refractivity contribution in [2.75, 3.05) is 19.6 Å². The summed E-state index contributed by atoms with van der Waals surface area (Å²) in [7, 11) is 0. The normalized spacial score (nSPS) is 39.7. The Balaban J connectivity index is 0.000000653. The molecule has 76 valence electrons. The van der Waals surface area contributed by atoms with Crippen molar-refractivity contribution in [3.8, 4) is 0 Å². The molecule has 3 rings (SSSR count). The van der Waals surface area contributed by atoms with Crippen molar-refractivity contribution in [1.29, 1.82) is 0 Å². The summed E-state index contributed by atoms with van der Waals surface area (Å²) in [6.45, 7) is 3.93. The molecule has 1 N–H and O–H groups in total. The fourth-order valence-electron chi connectivity index (χ4n) is 2.98. The molecule has 3 fully saturated rings. The second-order valence-electron chi connectivity index (χ2n) is 4.58. The van der Waals surface area contributed by atoms with Crippen LogP contribution in [0.25, 0.3) is 0 Å². The predicted octanol–water partition coefficient (Wildman–Crippen LogP) is 1.25. The lowest BCUT2D eigenvalue weighted by Gasteiger charge is -2.32. The maximum Gasteiger partial charge on any atom is 0.0151 e. The van der Waals surface area contributed by atoms with E-state index in [2.05, 4.69) is 10.2 Å². The number of nitrogens with one attached hydrogen (secondary N) is 1. The highest BCUT2D eigenvalue weighted by atomic mass is 35.5. The van der Waals surface area contributed by atoms with E-state index >= 15 is 0 Å². The van der Waals surface area contributed by atoms with E-state index in [0.29, 0.717) is 0 Å². The topological polar surface area (TPSA) is 15.3 Å². The fraction of sp³-hybridized carbons (Fsp3) is 1.00. The van der Waals surface area contributed by atoms with E-state index in [1.807, 2.05) is 0 Å². The van der Waals surface area contributed by atoms with Crippen LogP contribution in [0.4, 0.5) is 0 Å². The molecule has 2 aliphatic heterocycles. The Morgan fingerprint density at radius 3 is 2.69 bits per heavy atom. The molecule has 2 unspecified atom stereocenters. The highest BCUT2D eigenvalue weighted by Crippen LogP contribution is 2.37. The van der Waals surface area contributed by atoms with Gasteiger partial charge in [0.1, 0.15) is 0 Å². The Morgan fingerprint density at radius 2 is 1.92 bits per heavy atom. The van der Waals surface area contributed by atoms with Crippen LogP contribution in [0.2, 0.25) is 0 Å². The molecule has 13 heavy (non-hydrogen) atoms. The Labute approximate surface area is 86.5 Å². The molecular weight excluding hydrogens is 184 g/mol. The van der Waals surface area contributed by atoms with Crippen LogP contribution in [0.15, 0.2) is 0 Å². The van der Waals surface area contributed by atoms with Crippen molar-refractivity contribution in [2.45, 2.75) is 37.8 Å². The number of nitrogens with zero attached hydrogens (tertiary/aromatic N) is 1. The zero-order chi connectivity index (χ0) is 7.97. The van der Waals surface area contributed by atoms with Crippen molar-refractivity contribution in [1.82, 2.24) is 10.2 Å². The standard InChI is InChI=1S/C10H18N2.ClH/c1-2-9(1)12-6-4-8-7-11-5-3-10(8)12;/h8-11H,1-7H2;1H. The van der Waals surface area contributed by atoms with Crippen LogP contribution in [-0.4, -0.2) is 36.6 Å². The van der Waals surface area contributed by atoms with E-state index in [4.69, 9.17) is 0 Å². The average molecular weight is 203 g/mol. The van der Waals surface area contributed by atoms with Gasteiger partial charge in [0.05, 0.1) is 0 Å². The second-order valence-corrected chi connectivity index (χ2v) is 4.58. The largest absolute Gasteiger partial charge is 0.316 e. The molecular formula is C10H19ClN2. The zero-order valence-electron chi connectivity index (χ0n) is 8.04. The van der Waals surface area contributed by atoms with Crippen molar-refractivity contribution >= 4 is 12.4 Å². The summed E-state index contributed by atoms with van der Waals surface area (Å²) in [5.74, 6) is 0.986. The molecule has 1 saturated carbocycles. The molecule has 2 nitrogen and oxygen atoms in total. The lowest BCUT2D eigenvalue weighted by atomic mass is 9.94. The molecule has 0 aromatic carbocycles. The Hall–Kier alpha value is 0.210. The monoisotopic (exact) mass is 202 g/mol. The van der Waals surface area contributed by atoms with Gasteiger partial charge in [-0.05, 0) is 51.2 Å². The van der Waals surface area contributed by atoms with E-state index in [1.165, 1.54) is 45.3 Å². The minimum Gasteiger partial charge on any atom is -0.316 e. The first kappa shape index (κ1) is 9.75. The molecule has 2 saturated heterocycles. The van der Waals surface area contributed by atoms with Crippen LogP contribution in [0.1, 0.15) is 25.7 Å². The van der Waals surface area contributed by atoms with E-state index in [9.17, 15) is 0 Å². The zero-order valence-corrected chi connectivity index (χ0v) is 8.85. The number of halogens is 1. The Bertz CT molecular complexity index is 182. The number of hydrogen-bond acceptors (Lipinski definition) is 2. The quantitative estimate of drug-likeness (QED) is 0.689. The van der Waals surface area contributed by atoms with Gasteiger partial charge < -0.3 is 5.32 Å². The lowest BCUT2D eigenvalue weighted by molar-refractivity contribution is 0.183. The third-order valence-electron chi connectivity index (χ3n) is 3.77. The molecule has 0 aromatic rings. The highest BCUT2D eigenvalue weighted by Gasteiger charge is 2.42. The summed E-state index contributed by atoms with van der Waals surface area (Å²) < 4.78 is 0. The molecule has 3 heteroatoms. The summed E-state index contributed by atoms with van der Waals surface area (Å²) >= 11 is 0. The van der Waals surface area contributed by atoms with Gasteiger partial charge in [0.25, 0.3) is 0 Å². The van der Waals surface area contributed by atoms with E-state index < -0.39 is 0 Å². The van der Waals surface area contributed by atoms with Gasteiger partial charge in [-0.25, -0.2) is 0 Å². The van der Waals surface area contributed by atoms with Crippen LogP contribution in [0, 0.1) is 5.92 Å². The summed E-state index contributed by atoms with van der Waals surface area (Å²) in [6.07, 6.45) is 5.82. The summed E-state index contributed by atoms with van der Waals surface area (Å²) in [5.41, 5.74) is 0. The molecule has 0 radical (unpaired) electrons. The van der Waals surface area contributed by atoms with Crippen LogP contribution in [0.3, 0.4) is 0 Å². The van der Waals surface area contributed by atoms with Crippen molar-refractivity contribution in [3.63, 3.8) is 0 Å². The third kappa shape index (κ3) is 1.72. The first-order chi connectivity index (χ1) is 5.95. The van der Waals surface area contributed by atoms with Crippen LogP contribution in [-0.2, 0) is 0 Å². The molecule has 1 aliphatic carbocycles.